The lowest BCUT2D eigenvalue weighted by atomic mass is 9.49. The van der Waals surface area contributed by atoms with E-state index in [1.807, 2.05) is 55.4 Å². The van der Waals surface area contributed by atoms with E-state index in [4.69, 9.17) is 23.7 Å². The van der Waals surface area contributed by atoms with Crippen LogP contribution in [0.1, 0.15) is 424 Å². The van der Waals surface area contributed by atoms with Crippen molar-refractivity contribution in [2.24, 2.45) is 146 Å². The number of esters is 5. The monoisotopic (exact) mass is 1520 g/mol. The van der Waals surface area contributed by atoms with Gasteiger partial charge in [0.25, 0.3) is 0 Å². The van der Waals surface area contributed by atoms with E-state index in [0.29, 0.717) is 59.2 Å². The van der Waals surface area contributed by atoms with Gasteiger partial charge in [-0.1, -0.05) is 150 Å². The van der Waals surface area contributed by atoms with Gasteiger partial charge in [-0.25, -0.2) is 0 Å². The molecule has 10 heteroatoms. The van der Waals surface area contributed by atoms with Crippen LogP contribution < -0.4 is 0 Å². The Hall–Kier alpha value is -2.65. The normalized spacial score (nSPS) is 39.7. The molecule has 2 unspecified atom stereocenters. The Labute approximate surface area is 672 Å². The third-order valence-corrected chi connectivity index (χ3v) is 32.9. The van der Waals surface area contributed by atoms with Crippen LogP contribution in [-0.4, -0.2) is 57.9 Å². The van der Waals surface area contributed by atoms with Crippen LogP contribution in [0.25, 0.3) is 0 Å². The van der Waals surface area contributed by atoms with Gasteiger partial charge in [0, 0.05) is 0 Å². The summed E-state index contributed by atoms with van der Waals surface area (Å²) in [6.07, 6.45) is 43.2. The lowest BCUT2D eigenvalue weighted by Crippen LogP contribution is -2.60. The highest BCUT2D eigenvalue weighted by Crippen LogP contribution is 2.66. The van der Waals surface area contributed by atoms with E-state index in [1.54, 1.807) is 0 Å². The van der Waals surface area contributed by atoms with Crippen molar-refractivity contribution in [1.29, 1.82) is 0 Å². The molecule has 2 atom stereocenters. The Bertz CT molecular complexity index is 2620. The zero-order chi connectivity index (χ0) is 70.9. The Morgan fingerprint density at radius 1 is 0.296 bits per heavy atom. The fourth-order valence-electron chi connectivity index (χ4n) is 25.6. The number of unbranched alkanes of at least 4 members (excludes halogenated alkanes) is 1. The summed E-state index contributed by atoms with van der Waals surface area (Å²) in [6.45, 7) is 37.7. The third-order valence-electron chi connectivity index (χ3n) is 32.9. The second kappa shape index (κ2) is 40.3. The van der Waals surface area contributed by atoms with Gasteiger partial charge in [0.2, 0.25) is 0 Å². The molecular formula is C98H186O10. The summed E-state index contributed by atoms with van der Waals surface area (Å²) in [5, 5.41) is 0. The van der Waals surface area contributed by atoms with Crippen LogP contribution in [0, 0.1) is 146 Å². The quantitative estimate of drug-likeness (QED) is 0.0857. The van der Waals surface area contributed by atoms with E-state index in [2.05, 4.69) is 69.2 Å². The van der Waals surface area contributed by atoms with Crippen molar-refractivity contribution in [3.8, 4) is 0 Å². The van der Waals surface area contributed by atoms with Gasteiger partial charge in [0.05, 0.1) is 28.1 Å². The minimum atomic E-state index is -0.339. The summed E-state index contributed by atoms with van der Waals surface area (Å²) in [4.78, 5) is 62.4. The van der Waals surface area contributed by atoms with E-state index in [9.17, 15) is 24.0 Å². The summed E-state index contributed by atoms with van der Waals surface area (Å²) in [5.74, 6) is 16.0. The van der Waals surface area contributed by atoms with Crippen molar-refractivity contribution < 1.29 is 47.7 Å². The predicted molar refractivity (Wildman–Crippen MR) is 459 cm³/mol. The fourth-order valence-corrected chi connectivity index (χ4v) is 25.6. The predicted octanol–water partition coefficient (Wildman–Crippen LogP) is 28.4. The first-order chi connectivity index (χ1) is 46.3. The van der Waals surface area contributed by atoms with E-state index in [0.717, 1.165) is 111 Å². The van der Waals surface area contributed by atoms with Gasteiger partial charge < -0.3 is 23.7 Å². The van der Waals surface area contributed by atoms with E-state index >= 15 is 0 Å². The molecule has 0 radical (unpaired) electrons. The molecule has 20 rings (SSSR count). The molecule has 20 fully saturated rings. The highest BCUT2D eigenvalue weighted by molar-refractivity contribution is 5.77. The molecule has 638 valence electrons. The number of carbonyl (C=O) groups excluding carboxylic acids is 5. The first-order valence-electron chi connectivity index (χ1n) is 42.4. The van der Waals surface area contributed by atoms with Crippen LogP contribution in [0.5, 0.6) is 0 Å². The SMILES string of the molecule is C.C.C.C.C.C.C.C.C.C.CCC(C)(C)C(=O)OC1(C)C2CC3CC(C2)CC1C3.CCC(C)(C)C(=O)OC1(CC)C2CC3CC(C2)CC1C3.CCC(C)C(=O)OC1(C)C2CC3CC(C2)CC1C3.CCC(C)C(=O)OC1(CC)C2CC3CC(C2)CC1C3.CCCCC1(OC(=O)C(C)(C)CC)C2CC3CC(C2)CC1C3. The Morgan fingerprint density at radius 2 is 0.500 bits per heavy atom. The number of carbonyl (C=O) groups is 5. The average Bonchev–Trinajstić information content (AvgIpc) is 0.747. The first kappa shape index (κ1) is 103. The van der Waals surface area contributed by atoms with Crippen LogP contribution >= 0.6 is 0 Å². The lowest BCUT2D eigenvalue weighted by Gasteiger charge is -2.60. The van der Waals surface area contributed by atoms with E-state index < -0.39 is 0 Å². The highest BCUT2D eigenvalue weighted by atomic mass is 16.6. The largest absolute Gasteiger partial charge is 0.459 e. The Kier molecular flexibility index (Phi) is 38.5. The minimum Gasteiger partial charge on any atom is -0.459 e. The summed E-state index contributed by atoms with van der Waals surface area (Å²) in [7, 11) is 0. The van der Waals surface area contributed by atoms with Crippen molar-refractivity contribution in [2.45, 2.75) is 452 Å². The molecule has 0 spiro atoms. The van der Waals surface area contributed by atoms with Crippen molar-refractivity contribution in [1.82, 2.24) is 0 Å². The standard InChI is InChI=1S/C20H34O2.C18H30O2.2C17H28O2.C16H26O2.10CH4/c1-5-7-8-20(22-18(21)19(3,4)6-2)16-10-14-9-15(12-16)13-17(20)11-14;1-5-17(3,4)16(19)20-18(6-2)14-8-12-7-13(10-14)11-15(18)9-12;1-5-16(2,3)15(18)19-17(4)13-7-11-6-12(9-13)10-14(17)8-11;1-4-11(3)16(18)19-17(5-2)14-7-12-6-13(9-14)10-15(17)8-12;1-4-10(2)15(17)18-16(3)13-6-11-5-12(8-13)9-14(16)7-11;;;;;;;;;;/h14-17H,5-13H2,1-4H3;12-15H,5-11H2,1-4H3;11-14H,5-10H2,1-4H3;11-15H,4-10H2,1-3H3;10-14H,4-9H2,1-3H3;10*1H4. The average molecular weight is 1520 g/mol. The Balaban J connectivity index is 0.000000661. The maximum absolute atomic E-state index is 12.8. The Morgan fingerprint density at radius 3 is 0.731 bits per heavy atom. The smallest absolute Gasteiger partial charge is 0.312 e. The van der Waals surface area contributed by atoms with E-state index in [-0.39, 0.29) is 160 Å². The maximum atomic E-state index is 12.8. The maximum Gasteiger partial charge on any atom is 0.312 e. The summed E-state index contributed by atoms with van der Waals surface area (Å²) in [5.41, 5.74) is -1.68. The fraction of sp³-hybridized carbons (Fsp3) is 0.949. The second-order valence-corrected chi connectivity index (χ2v) is 39.9. The van der Waals surface area contributed by atoms with Crippen LogP contribution in [0.2, 0.25) is 0 Å². The zero-order valence-corrected chi connectivity index (χ0v) is 66.0. The van der Waals surface area contributed by atoms with Crippen LogP contribution in [0.3, 0.4) is 0 Å². The van der Waals surface area contributed by atoms with Gasteiger partial charge in [0.1, 0.15) is 28.0 Å². The van der Waals surface area contributed by atoms with Gasteiger partial charge >= 0.3 is 29.8 Å². The van der Waals surface area contributed by atoms with Gasteiger partial charge in [-0.05, 0) is 392 Å². The zero-order valence-electron chi connectivity index (χ0n) is 66.0. The molecule has 20 aliphatic carbocycles. The molecule has 0 aromatic heterocycles. The lowest BCUT2D eigenvalue weighted by molar-refractivity contribution is -0.220. The number of ether oxygens (including phenoxy) is 5. The molecule has 0 heterocycles. The van der Waals surface area contributed by atoms with Gasteiger partial charge in [-0.3, -0.25) is 24.0 Å². The summed E-state index contributed by atoms with van der Waals surface area (Å²) < 4.78 is 31.1. The number of rotatable bonds is 20. The molecule has 0 amide bonds. The first-order valence-corrected chi connectivity index (χ1v) is 42.4. The third kappa shape index (κ3) is 20.1. The topological polar surface area (TPSA) is 132 Å². The van der Waals surface area contributed by atoms with Crippen molar-refractivity contribution in [2.75, 3.05) is 0 Å². The van der Waals surface area contributed by atoms with Crippen molar-refractivity contribution >= 4 is 29.8 Å². The molecule has 20 aliphatic rings. The van der Waals surface area contributed by atoms with Gasteiger partial charge in [-0.15, -0.1) is 0 Å². The second-order valence-electron chi connectivity index (χ2n) is 39.9. The minimum absolute atomic E-state index is 0. The number of hydrogen-bond donors (Lipinski definition) is 0. The number of hydrogen-bond acceptors (Lipinski definition) is 10. The molecular weight excluding hydrogens is 1340 g/mol. The molecule has 0 aliphatic heterocycles. The summed E-state index contributed by atoms with van der Waals surface area (Å²) in [6, 6.07) is 0. The summed E-state index contributed by atoms with van der Waals surface area (Å²) >= 11 is 0. The van der Waals surface area contributed by atoms with Gasteiger partial charge in [-0.2, -0.15) is 0 Å². The van der Waals surface area contributed by atoms with Crippen molar-refractivity contribution in [3.05, 3.63) is 0 Å². The van der Waals surface area contributed by atoms with Crippen LogP contribution in [0.15, 0.2) is 0 Å². The van der Waals surface area contributed by atoms with Gasteiger partial charge in [0.15, 0.2) is 0 Å². The molecule has 108 heavy (non-hydrogen) atoms. The van der Waals surface area contributed by atoms with Crippen molar-refractivity contribution in [3.63, 3.8) is 0 Å². The molecule has 0 saturated heterocycles. The van der Waals surface area contributed by atoms with Crippen LogP contribution in [-0.2, 0) is 47.7 Å². The molecule has 0 aromatic rings. The molecule has 0 aromatic carbocycles. The molecule has 20 saturated carbocycles. The molecule has 10 nitrogen and oxygen atoms in total. The highest BCUT2D eigenvalue weighted by Gasteiger charge is 2.64. The molecule has 0 N–H and O–H groups in total. The molecule has 20 bridgehead atoms. The van der Waals surface area contributed by atoms with Crippen LogP contribution in [0.4, 0.5) is 0 Å². The van der Waals surface area contributed by atoms with E-state index in [1.165, 1.54) is 173 Å².